The molecule has 0 aromatic heterocycles. The Labute approximate surface area is 187 Å². The molecule has 0 radical (unpaired) electrons. The number of carbonyl (C=O) groups excluding carboxylic acids is 1. The van der Waals surface area contributed by atoms with Crippen molar-refractivity contribution in [2.24, 2.45) is 5.92 Å². The number of benzene rings is 2. The second kappa shape index (κ2) is 9.31. The van der Waals surface area contributed by atoms with Crippen LogP contribution in [0.3, 0.4) is 0 Å². The van der Waals surface area contributed by atoms with E-state index >= 15 is 0 Å². The van der Waals surface area contributed by atoms with Crippen LogP contribution in [0.25, 0.3) is 0 Å². The summed E-state index contributed by atoms with van der Waals surface area (Å²) in [6, 6.07) is 9.01. The molecule has 2 aromatic carbocycles. The van der Waals surface area contributed by atoms with Gasteiger partial charge in [0.1, 0.15) is 5.82 Å². The fourth-order valence-corrected chi connectivity index (χ4v) is 5.42. The fraction of sp³-hybridized carbons (Fsp3) is 0.316. The van der Waals surface area contributed by atoms with Crippen molar-refractivity contribution in [2.45, 2.75) is 18.6 Å². The summed E-state index contributed by atoms with van der Waals surface area (Å²) in [4.78, 5) is 12.6. The van der Waals surface area contributed by atoms with Crippen molar-refractivity contribution in [3.8, 4) is 0 Å². The average Bonchev–Trinajstić information content (AvgIpc) is 2.67. The van der Waals surface area contributed by atoms with Crippen LogP contribution < -0.4 is 5.32 Å². The highest BCUT2D eigenvalue weighted by atomic mass is 79.9. The summed E-state index contributed by atoms with van der Waals surface area (Å²) in [7, 11) is -3.65. The molecule has 1 amide bonds. The molecule has 0 aliphatic carbocycles. The van der Waals surface area contributed by atoms with Crippen molar-refractivity contribution in [2.75, 3.05) is 18.4 Å². The molecular formula is C19H18BrCl2FN2O3S. The molecule has 1 fully saturated rings. The van der Waals surface area contributed by atoms with Crippen LogP contribution in [0.15, 0.2) is 40.9 Å². The lowest BCUT2D eigenvalue weighted by molar-refractivity contribution is -0.120. The molecule has 10 heteroatoms. The maximum Gasteiger partial charge on any atom is 0.228 e. The fourth-order valence-electron chi connectivity index (χ4n) is 3.17. The SMILES string of the molecule is O=C(Nc1ccc(Br)cc1F)[C@@H]1CCCN(S(=O)(=O)Cc2ccc(Cl)c(Cl)c2)C1. The van der Waals surface area contributed by atoms with Gasteiger partial charge in [-0.3, -0.25) is 4.79 Å². The zero-order valence-corrected chi connectivity index (χ0v) is 19.1. The predicted molar refractivity (Wildman–Crippen MR) is 116 cm³/mol. The zero-order valence-electron chi connectivity index (χ0n) is 15.2. The molecule has 0 saturated carbocycles. The molecule has 0 spiro atoms. The topological polar surface area (TPSA) is 66.5 Å². The number of sulfonamides is 1. The van der Waals surface area contributed by atoms with E-state index < -0.39 is 27.7 Å². The van der Waals surface area contributed by atoms with Crippen LogP contribution in [0.1, 0.15) is 18.4 Å². The van der Waals surface area contributed by atoms with E-state index in [1.54, 1.807) is 18.2 Å². The first-order valence-corrected chi connectivity index (χ1v) is 12.0. The Morgan fingerprint density at radius 1 is 1.21 bits per heavy atom. The van der Waals surface area contributed by atoms with Crippen molar-refractivity contribution in [1.29, 1.82) is 0 Å². The summed E-state index contributed by atoms with van der Waals surface area (Å²) in [5.41, 5.74) is 0.580. The van der Waals surface area contributed by atoms with Crippen LogP contribution in [0.2, 0.25) is 10.0 Å². The first kappa shape index (κ1) is 22.5. The minimum atomic E-state index is -3.65. The van der Waals surface area contributed by atoms with Gasteiger partial charge in [0.25, 0.3) is 0 Å². The molecule has 5 nitrogen and oxygen atoms in total. The van der Waals surface area contributed by atoms with Gasteiger partial charge >= 0.3 is 0 Å². The number of piperidine rings is 1. The number of hydrogen-bond donors (Lipinski definition) is 1. The maximum absolute atomic E-state index is 14.0. The summed E-state index contributed by atoms with van der Waals surface area (Å²) in [5, 5.41) is 3.19. The highest BCUT2D eigenvalue weighted by Crippen LogP contribution is 2.27. The van der Waals surface area contributed by atoms with Gasteiger partial charge in [0.2, 0.25) is 15.9 Å². The second-order valence-electron chi connectivity index (χ2n) is 6.82. The lowest BCUT2D eigenvalue weighted by atomic mass is 9.98. The summed E-state index contributed by atoms with van der Waals surface area (Å²) in [6.45, 7) is 0.383. The Kier molecular flexibility index (Phi) is 7.22. The highest BCUT2D eigenvalue weighted by Gasteiger charge is 2.32. The third-order valence-electron chi connectivity index (χ3n) is 4.67. The van der Waals surface area contributed by atoms with Crippen molar-refractivity contribution in [3.63, 3.8) is 0 Å². The van der Waals surface area contributed by atoms with E-state index in [0.717, 1.165) is 0 Å². The molecule has 0 bridgehead atoms. The zero-order chi connectivity index (χ0) is 21.2. The molecule has 3 rings (SSSR count). The third kappa shape index (κ3) is 5.70. The largest absolute Gasteiger partial charge is 0.323 e. The average molecular weight is 524 g/mol. The predicted octanol–water partition coefficient (Wildman–Crippen LogP) is 5.08. The minimum Gasteiger partial charge on any atom is -0.323 e. The van der Waals surface area contributed by atoms with Gasteiger partial charge < -0.3 is 5.32 Å². The molecule has 156 valence electrons. The summed E-state index contributed by atoms with van der Waals surface area (Å²) in [5.74, 6) is -1.76. The summed E-state index contributed by atoms with van der Waals surface area (Å²) >= 11 is 15.0. The van der Waals surface area contributed by atoms with Crippen molar-refractivity contribution in [1.82, 2.24) is 4.31 Å². The number of halogens is 4. The lowest BCUT2D eigenvalue weighted by Crippen LogP contribution is -2.44. The van der Waals surface area contributed by atoms with Crippen molar-refractivity contribution in [3.05, 3.63) is 62.3 Å². The normalized spacial score (nSPS) is 17.9. The van der Waals surface area contributed by atoms with Gasteiger partial charge in [-0.25, -0.2) is 17.1 Å². The molecule has 1 atom stereocenters. The van der Waals surface area contributed by atoms with Gasteiger partial charge in [-0.05, 0) is 48.7 Å². The monoisotopic (exact) mass is 522 g/mol. The van der Waals surface area contributed by atoms with Crippen LogP contribution in [-0.2, 0) is 20.6 Å². The van der Waals surface area contributed by atoms with E-state index in [-0.39, 0.29) is 23.0 Å². The van der Waals surface area contributed by atoms with Crippen LogP contribution in [0.5, 0.6) is 0 Å². The Balaban J connectivity index is 1.68. The molecular weight excluding hydrogens is 506 g/mol. The second-order valence-corrected chi connectivity index (χ2v) is 10.5. The van der Waals surface area contributed by atoms with Gasteiger partial charge in [-0.1, -0.05) is 45.2 Å². The smallest absolute Gasteiger partial charge is 0.228 e. The number of hydrogen-bond acceptors (Lipinski definition) is 3. The van der Waals surface area contributed by atoms with Gasteiger partial charge in [0.15, 0.2) is 0 Å². The van der Waals surface area contributed by atoms with E-state index in [1.165, 1.54) is 22.5 Å². The number of anilines is 1. The first-order chi connectivity index (χ1) is 13.7. The molecule has 1 aliphatic heterocycles. The van der Waals surface area contributed by atoms with E-state index in [4.69, 9.17) is 23.2 Å². The Morgan fingerprint density at radius 2 is 1.97 bits per heavy atom. The quantitative estimate of drug-likeness (QED) is 0.594. The summed E-state index contributed by atoms with van der Waals surface area (Å²) < 4.78 is 41.5. The van der Waals surface area contributed by atoms with Crippen molar-refractivity contribution < 1.29 is 17.6 Å². The molecule has 1 N–H and O–H groups in total. The van der Waals surface area contributed by atoms with Crippen molar-refractivity contribution >= 4 is 60.7 Å². The van der Waals surface area contributed by atoms with Gasteiger partial charge in [-0.2, -0.15) is 0 Å². The number of amides is 1. The molecule has 1 saturated heterocycles. The molecule has 29 heavy (non-hydrogen) atoms. The van der Waals surface area contributed by atoms with Gasteiger partial charge in [-0.15, -0.1) is 0 Å². The van der Waals surface area contributed by atoms with Crippen LogP contribution in [-0.4, -0.2) is 31.7 Å². The number of rotatable bonds is 5. The third-order valence-corrected chi connectivity index (χ3v) is 7.72. The molecule has 0 unspecified atom stereocenters. The first-order valence-electron chi connectivity index (χ1n) is 8.83. The summed E-state index contributed by atoms with van der Waals surface area (Å²) in [6.07, 6.45) is 1.07. The Bertz CT molecular complexity index is 1040. The highest BCUT2D eigenvalue weighted by molar-refractivity contribution is 9.10. The number of nitrogens with one attached hydrogen (secondary N) is 1. The molecule has 2 aromatic rings. The Hall–Kier alpha value is -1.19. The van der Waals surface area contributed by atoms with Gasteiger partial charge in [0, 0.05) is 17.6 Å². The lowest BCUT2D eigenvalue weighted by Gasteiger charge is -2.31. The van der Waals surface area contributed by atoms with E-state index in [0.29, 0.717) is 34.4 Å². The van der Waals surface area contributed by atoms with Crippen LogP contribution in [0, 0.1) is 11.7 Å². The Morgan fingerprint density at radius 3 is 2.66 bits per heavy atom. The van der Waals surface area contributed by atoms with Crippen LogP contribution in [0.4, 0.5) is 10.1 Å². The van der Waals surface area contributed by atoms with Crippen LogP contribution >= 0.6 is 39.1 Å². The van der Waals surface area contributed by atoms with E-state index in [9.17, 15) is 17.6 Å². The standard InChI is InChI=1S/C19H18BrCl2FN2O3S/c20-14-4-6-18(17(23)9-14)24-19(26)13-2-1-7-25(10-13)29(27,28)11-12-3-5-15(21)16(22)8-12/h3-6,8-9,13H,1-2,7,10-11H2,(H,24,26)/t13-/m1/s1. The number of nitrogens with zero attached hydrogens (tertiary/aromatic N) is 1. The van der Waals surface area contributed by atoms with E-state index in [2.05, 4.69) is 21.2 Å². The van der Waals surface area contributed by atoms with Gasteiger partial charge in [0.05, 0.1) is 27.4 Å². The molecule has 1 aliphatic rings. The minimum absolute atomic E-state index is 0.0492. The number of carbonyl (C=O) groups is 1. The molecule has 1 heterocycles. The van der Waals surface area contributed by atoms with E-state index in [1.807, 2.05) is 0 Å². The maximum atomic E-state index is 14.0.